The highest BCUT2D eigenvalue weighted by Gasteiger charge is 2.19. The number of hydrogen-bond donors (Lipinski definition) is 1. The fourth-order valence-corrected chi connectivity index (χ4v) is 2.51. The lowest BCUT2D eigenvalue weighted by Gasteiger charge is -2.12. The Morgan fingerprint density at radius 1 is 1.32 bits per heavy atom. The molecule has 1 aliphatic rings. The summed E-state index contributed by atoms with van der Waals surface area (Å²) in [4.78, 5) is 0. The van der Waals surface area contributed by atoms with Gasteiger partial charge in [-0.3, -0.25) is 0 Å². The molecule has 2 nitrogen and oxygen atoms in total. The summed E-state index contributed by atoms with van der Waals surface area (Å²) in [6, 6.07) is 9.88. The van der Waals surface area contributed by atoms with Crippen LogP contribution < -0.4 is 5.32 Å². The Bertz CT molecular complexity index is 551. The van der Waals surface area contributed by atoms with Crippen molar-refractivity contribution in [2.24, 2.45) is 5.92 Å². The van der Waals surface area contributed by atoms with Crippen molar-refractivity contribution in [2.45, 2.75) is 52.2 Å². The maximum absolute atomic E-state index is 3.59. The minimum absolute atomic E-state index is 0.740. The van der Waals surface area contributed by atoms with Gasteiger partial charge < -0.3 is 9.88 Å². The van der Waals surface area contributed by atoms with Crippen molar-refractivity contribution in [3.05, 3.63) is 36.0 Å². The fourth-order valence-electron chi connectivity index (χ4n) is 2.51. The van der Waals surface area contributed by atoms with Crippen molar-refractivity contribution in [1.29, 1.82) is 0 Å². The molecule has 102 valence electrons. The molecular weight excluding hydrogens is 232 g/mol. The summed E-state index contributed by atoms with van der Waals surface area (Å²) in [6.45, 7) is 6.72. The van der Waals surface area contributed by atoms with Crippen LogP contribution in [0.25, 0.3) is 10.9 Å². The number of aromatic nitrogens is 1. The molecule has 0 saturated heterocycles. The molecule has 1 atom stereocenters. The third-order valence-corrected chi connectivity index (χ3v) is 4.22. The Kier molecular flexibility index (Phi) is 3.61. The zero-order valence-electron chi connectivity index (χ0n) is 12.0. The number of fused-ring (bicyclic) bond motifs is 1. The van der Waals surface area contributed by atoms with Gasteiger partial charge in [0.05, 0.1) is 0 Å². The topological polar surface area (TPSA) is 17.0 Å². The summed E-state index contributed by atoms with van der Waals surface area (Å²) in [7, 11) is 0. The molecule has 1 unspecified atom stereocenters. The molecule has 0 aliphatic heterocycles. The van der Waals surface area contributed by atoms with E-state index in [1.54, 1.807) is 0 Å². The maximum Gasteiger partial charge on any atom is 0.0483 e. The van der Waals surface area contributed by atoms with E-state index in [1.807, 2.05) is 0 Å². The van der Waals surface area contributed by atoms with Gasteiger partial charge in [0.25, 0.3) is 0 Å². The standard InChI is InChI=1S/C17H24N2/c1-3-13(2)12-19-9-8-15-5-4-14(10-17(15)19)11-18-16-6-7-16/h4-5,8-10,13,16,18H,3,6-7,11-12H2,1-2H3. The van der Waals surface area contributed by atoms with Gasteiger partial charge in [-0.25, -0.2) is 0 Å². The van der Waals surface area contributed by atoms with E-state index in [-0.39, 0.29) is 0 Å². The zero-order chi connectivity index (χ0) is 13.2. The molecule has 0 amide bonds. The highest BCUT2D eigenvalue weighted by molar-refractivity contribution is 5.80. The monoisotopic (exact) mass is 256 g/mol. The Morgan fingerprint density at radius 3 is 2.89 bits per heavy atom. The number of hydrogen-bond acceptors (Lipinski definition) is 1. The average Bonchev–Trinajstić information content (AvgIpc) is 3.18. The van der Waals surface area contributed by atoms with Crippen LogP contribution in [-0.2, 0) is 13.1 Å². The van der Waals surface area contributed by atoms with Gasteiger partial charge in [0.15, 0.2) is 0 Å². The predicted octanol–water partition coefficient (Wildman–Crippen LogP) is 3.94. The molecule has 19 heavy (non-hydrogen) atoms. The van der Waals surface area contributed by atoms with Crippen LogP contribution in [0.4, 0.5) is 0 Å². The quantitative estimate of drug-likeness (QED) is 0.828. The van der Waals surface area contributed by atoms with E-state index >= 15 is 0 Å². The predicted molar refractivity (Wildman–Crippen MR) is 81.3 cm³/mol. The van der Waals surface area contributed by atoms with Crippen molar-refractivity contribution in [2.75, 3.05) is 0 Å². The maximum atomic E-state index is 3.59. The number of nitrogens with zero attached hydrogens (tertiary/aromatic N) is 1. The van der Waals surface area contributed by atoms with Crippen LogP contribution in [0.15, 0.2) is 30.5 Å². The third kappa shape index (κ3) is 3.01. The lowest BCUT2D eigenvalue weighted by molar-refractivity contribution is 0.477. The van der Waals surface area contributed by atoms with E-state index in [9.17, 15) is 0 Å². The van der Waals surface area contributed by atoms with Gasteiger partial charge >= 0.3 is 0 Å². The normalized spacial score (nSPS) is 16.9. The van der Waals surface area contributed by atoms with Crippen LogP contribution >= 0.6 is 0 Å². The summed E-state index contributed by atoms with van der Waals surface area (Å²) in [5, 5.41) is 4.95. The molecular formula is C17H24N2. The van der Waals surface area contributed by atoms with Gasteiger partial charge in [-0.15, -0.1) is 0 Å². The lowest BCUT2D eigenvalue weighted by Crippen LogP contribution is -2.15. The Morgan fingerprint density at radius 2 is 2.16 bits per heavy atom. The minimum atomic E-state index is 0.740. The summed E-state index contributed by atoms with van der Waals surface area (Å²) >= 11 is 0. The van der Waals surface area contributed by atoms with E-state index in [4.69, 9.17) is 0 Å². The first-order chi connectivity index (χ1) is 9.26. The first-order valence-electron chi connectivity index (χ1n) is 7.57. The molecule has 3 rings (SSSR count). The lowest BCUT2D eigenvalue weighted by atomic mass is 10.1. The molecule has 2 aromatic rings. The molecule has 1 saturated carbocycles. The Labute approximate surface area is 115 Å². The van der Waals surface area contributed by atoms with E-state index in [1.165, 1.54) is 35.7 Å². The highest BCUT2D eigenvalue weighted by Crippen LogP contribution is 2.22. The summed E-state index contributed by atoms with van der Waals surface area (Å²) in [5.41, 5.74) is 2.79. The van der Waals surface area contributed by atoms with Gasteiger partial charge in [-0.2, -0.15) is 0 Å². The van der Waals surface area contributed by atoms with Gasteiger partial charge in [-0.1, -0.05) is 32.4 Å². The highest BCUT2D eigenvalue weighted by atomic mass is 15.0. The molecule has 0 spiro atoms. The summed E-state index contributed by atoms with van der Waals surface area (Å²) in [5.74, 6) is 0.740. The molecule has 1 heterocycles. The first-order valence-corrected chi connectivity index (χ1v) is 7.57. The van der Waals surface area contributed by atoms with E-state index in [0.29, 0.717) is 0 Å². The van der Waals surface area contributed by atoms with Crippen LogP contribution in [0.2, 0.25) is 0 Å². The molecule has 1 N–H and O–H groups in total. The van der Waals surface area contributed by atoms with Crippen molar-refractivity contribution in [1.82, 2.24) is 9.88 Å². The van der Waals surface area contributed by atoms with E-state index in [2.05, 4.69) is 54.2 Å². The second-order valence-electron chi connectivity index (χ2n) is 6.03. The van der Waals surface area contributed by atoms with E-state index in [0.717, 1.165) is 25.0 Å². The average molecular weight is 256 g/mol. The third-order valence-electron chi connectivity index (χ3n) is 4.22. The molecule has 1 fully saturated rings. The van der Waals surface area contributed by atoms with Crippen LogP contribution in [0.3, 0.4) is 0 Å². The van der Waals surface area contributed by atoms with Crippen molar-refractivity contribution < 1.29 is 0 Å². The second-order valence-corrected chi connectivity index (χ2v) is 6.03. The molecule has 1 aliphatic carbocycles. The van der Waals surface area contributed by atoms with Crippen LogP contribution in [0.5, 0.6) is 0 Å². The van der Waals surface area contributed by atoms with Gasteiger partial charge in [0.2, 0.25) is 0 Å². The van der Waals surface area contributed by atoms with Crippen molar-refractivity contribution in [3.8, 4) is 0 Å². The molecule has 1 aromatic carbocycles. The SMILES string of the molecule is CCC(C)Cn1ccc2ccc(CNC3CC3)cc21. The fraction of sp³-hybridized carbons (Fsp3) is 0.529. The number of rotatable bonds is 6. The summed E-state index contributed by atoms with van der Waals surface area (Å²) in [6.07, 6.45) is 6.18. The molecule has 0 bridgehead atoms. The minimum Gasteiger partial charge on any atom is -0.347 e. The van der Waals surface area contributed by atoms with Gasteiger partial charge in [0.1, 0.15) is 0 Å². The number of benzene rings is 1. The molecule has 2 heteroatoms. The largest absolute Gasteiger partial charge is 0.347 e. The smallest absolute Gasteiger partial charge is 0.0483 e. The van der Waals surface area contributed by atoms with Crippen LogP contribution in [0.1, 0.15) is 38.7 Å². The second kappa shape index (κ2) is 5.38. The molecule has 0 radical (unpaired) electrons. The Balaban J connectivity index is 1.80. The van der Waals surface area contributed by atoms with Gasteiger partial charge in [-0.05, 0) is 41.8 Å². The zero-order valence-corrected chi connectivity index (χ0v) is 12.0. The summed E-state index contributed by atoms with van der Waals surface area (Å²) < 4.78 is 2.41. The van der Waals surface area contributed by atoms with Crippen molar-refractivity contribution in [3.63, 3.8) is 0 Å². The van der Waals surface area contributed by atoms with Crippen LogP contribution in [0, 0.1) is 5.92 Å². The van der Waals surface area contributed by atoms with Crippen LogP contribution in [-0.4, -0.2) is 10.6 Å². The number of nitrogens with one attached hydrogen (secondary N) is 1. The van der Waals surface area contributed by atoms with Gasteiger partial charge in [0, 0.05) is 30.8 Å². The van der Waals surface area contributed by atoms with E-state index < -0.39 is 0 Å². The first kappa shape index (κ1) is 12.7. The molecule has 1 aromatic heterocycles. The van der Waals surface area contributed by atoms with Crippen molar-refractivity contribution >= 4 is 10.9 Å². The Hall–Kier alpha value is -1.28.